The Bertz CT molecular complexity index is 508. The molecule has 1 aliphatic rings. The summed E-state index contributed by atoms with van der Waals surface area (Å²) in [6.45, 7) is 1.85. The molecule has 2 amide bonds. The van der Waals surface area contributed by atoms with Crippen molar-refractivity contribution in [2.24, 2.45) is 11.7 Å². The molecule has 1 heterocycles. The van der Waals surface area contributed by atoms with E-state index in [2.05, 4.69) is 5.32 Å². The average molecular weight is 289 g/mol. The van der Waals surface area contributed by atoms with Crippen LogP contribution in [0.25, 0.3) is 0 Å². The van der Waals surface area contributed by atoms with Crippen LogP contribution >= 0.6 is 0 Å². The summed E-state index contributed by atoms with van der Waals surface area (Å²) in [6.07, 6.45) is 2.24. The van der Waals surface area contributed by atoms with Crippen molar-refractivity contribution in [3.8, 4) is 0 Å². The number of hydrogen-bond donors (Lipinski definition) is 2. The number of hydrogen-bond acceptors (Lipinski definition) is 3. The van der Waals surface area contributed by atoms with E-state index in [1.54, 1.807) is 7.05 Å². The number of carbonyl (C=O) groups excluding carboxylic acids is 2. The molecule has 0 aliphatic carbocycles. The van der Waals surface area contributed by atoms with Crippen LogP contribution < -0.4 is 11.1 Å². The highest BCUT2D eigenvalue weighted by molar-refractivity contribution is 5.94. The van der Waals surface area contributed by atoms with Gasteiger partial charge in [-0.3, -0.25) is 9.59 Å². The summed E-state index contributed by atoms with van der Waals surface area (Å²) in [5.41, 5.74) is 7.35. The minimum atomic E-state index is 0.0302. The SMILES string of the molecule is CNC(=O)C1CCN(C(=O)c2cccc(CCN)c2)CC1. The topological polar surface area (TPSA) is 75.4 Å². The van der Waals surface area contributed by atoms with Crippen molar-refractivity contribution in [2.75, 3.05) is 26.7 Å². The first kappa shape index (κ1) is 15.5. The highest BCUT2D eigenvalue weighted by Crippen LogP contribution is 2.19. The van der Waals surface area contributed by atoms with Crippen LogP contribution in [0.3, 0.4) is 0 Å². The summed E-state index contributed by atoms with van der Waals surface area (Å²) in [4.78, 5) is 25.9. The van der Waals surface area contributed by atoms with E-state index in [0.29, 0.717) is 25.2 Å². The van der Waals surface area contributed by atoms with Crippen molar-refractivity contribution in [2.45, 2.75) is 19.3 Å². The fourth-order valence-electron chi connectivity index (χ4n) is 2.76. The Kier molecular flexibility index (Phi) is 5.33. The van der Waals surface area contributed by atoms with Gasteiger partial charge in [0.15, 0.2) is 0 Å². The first-order chi connectivity index (χ1) is 10.2. The number of nitrogens with one attached hydrogen (secondary N) is 1. The second-order valence-corrected chi connectivity index (χ2v) is 5.42. The minimum Gasteiger partial charge on any atom is -0.359 e. The third-order valence-electron chi connectivity index (χ3n) is 4.01. The standard InChI is InChI=1S/C16H23N3O2/c1-18-15(20)13-6-9-19(10-7-13)16(21)14-4-2-3-12(11-14)5-8-17/h2-4,11,13H,5-10,17H2,1H3,(H,18,20). The number of nitrogens with two attached hydrogens (primary N) is 1. The van der Waals surface area contributed by atoms with Gasteiger partial charge in [0.05, 0.1) is 0 Å². The van der Waals surface area contributed by atoms with Gasteiger partial charge in [-0.15, -0.1) is 0 Å². The molecule has 0 radical (unpaired) electrons. The van der Waals surface area contributed by atoms with Crippen LogP contribution in [0.4, 0.5) is 0 Å². The molecule has 21 heavy (non-hydrogen) atoms. The number of nitrogens with zero attached hydrogens (tertiary/aromatic N) is 1. The zero-order valence-electron chi connectivity index (χ0n) is 12.5. The second-order valence-electron chi connectivity index (χ2n) is 5.42. The Labute approximate surface area is 125 Å². The van der Waals surface area contributed by atoms with Crippen LogP contribution in [0.5, 0.6) is 0 Å². The van der Waals surface area contributed by atoms with E-state index in [4.69, 9.17) is 5.73 Å². The predicted octanol–water partition coefficient (Wildman–Crippen LogP) is 0.786. The lowest BCUT2D eigenvalue weighted by Crippen LogP contribution is -2.42. The lowest BCUT2D eigenvalue weighted by atomic mass is 9.95. The normalized spacial score (nSPS) is 15.8. The molecule has 5 heteroatoms. The maximum absolute atomic E-state index is 12.5. The van der Waals surface area contributed by atoms with Crippen LogP contribution in [0.15, 0.2) is 24.3 Å². The first-order valence-electron chi connectivity index (χ1n) is 7.45. The quantitative estimate of drug-likeness (QED) is 0.860. The molecule has 1 aromatic carbocycles. The second kappa shape index (κ2) is 7.22. The molecular formula is C16H23N3O2. The van der Waals surface area contributed by atoms with Crippen LogP contribution in [-0.4, -0.2) is 43.4 Å². The summed E-state index contributed by atoms with van der Waals surface area (Å²) in [5, 5.41) is 2.68. The first-order valence-corrected chi connectivity index (χ1v) is 7.45. The smallest absolute Gasteiger partial charge is 0.253 e. The number of benzene rings is 1. The van der Waals surface area contributed by atoms with Crippen molar-refractivity contribution >= 4 is 11.8 Å². The Hall–Kier alpha value is -1.88. The Morgan fingerprint density at radius 2 is 2.05 bits per heavy atom. The summed E-state index contributed by atoms with van der Waals surface area (Å²) in [5.74, 6) is 0.152. The number of carbonyl (C=O) groups is 2. The van der Waals surface area contributed by atoms with E-state index >= 15 is 0 Å². The van der Waals surface area contributed by atoms with Crippen molar-refractivity contribution in [3.05, 3.63) is 35.4 Å². The van der Waals surface area contributed by atoms with Gasteiger partial charge in [-0.2, -0.15) is 0 Å². The van der Waals surface area contributed by atoms with E-state index in [1.165, 1.54) is 0 Å². The van der Waals surface area contributed by atoms with Gasteiger partial charge < -0.3 is 16.0 Å². The van der Waals surface area contributed by atoms with Gasteiger partial charge in [0, 0.05) is 31.6 Å². The summed E-state index contributed by atoms with van der Waals surface area (Å²) in [7, 11) is 1.66. The van der Waals surface area contributed by atoms with Crippen molar-refractivity contribution < 1.29 is 9.59 Å². The van der Waals surface area contributed by atoms with E-state index in [-0.39, 0.29) is 17.7 Å². The van der Waals surface area contributed by atoms with E-state index < -0.39 is 0 Å². The molecule has 1 aliphatic heterocycles. The lowest BCUT2D eigenvalue weighted by Gasteiger charge is -2.31. The molecule has 1 fully saturated rings. The maximum Gasteiger partial charge on any atom is 0.253 e. The van der Waals surface area contributed by atoms with E-state index in [0.717, 1.165) is 24.8 Å². The fraction of sp³-hybridized carbons (Fsp3) is 0.500. The van der Waals surface area contributed by atoms with Gasteiger partial charge in [-0.05, 0) is 43.5 Å². The van der Waals surface area contributed by atoms with Gasteiger partial charge in [-0.1, -0.05) is 12.1 Å². The van der Waals surface area contributed by atoms with E-state index in [1.807, 2.05) is 29.2 Å². The highest BCUT2D eigenvalue weighted by atomic mass is 16.2. The highest BCUT2D eigenvalue weighted by Gasteiger charge is 2.27. The maximum atomic E-state index is 12.5. The van der Waals surface area contributed by atoms with Crippen LogP contribution in [0.2, 0.25) is 0 Å². The number of rotatable bonds is 4. The summed E-state index contributed by atoms with van der Waals surface area (Å²) >= 11 is 0. The number of piperidine rings is 1. The summed E-state index contributed by atoms with van der Waals surface area (Å²) < 4.78 is 0. The minimum absolute atomic E-state index is 0.0302. The number of likely N-dealkylation sites (tertiary alicyclic amines) is 1. The average Bonchev–Trinajstić information content (AvgIpc) is 2.54. The van der Waals surface area contributed by atoms with E-state index in [9.17, 15) is 9.59 Å². The molecule has 0 atom stereocenters. The predicted molar refractivity (Wildman–Crippen MR) is 81.9 cm³/mol. The third kappa shape index (κ3) is 3.82. The fourth-order valence-corrected chi connectivity index (χ4v) is 2.76. The molecule has 1 aromatic rings. The molecule has 114 valence electrons. The largest absolute Gasteiger partial charge is 0.359 e. The molecule has 0 saturated carbocycles. The van der Waals surface area contributed by atoms with Crippen LogP contribution in [0, 0.1) is 5.92 Å². The van der Waals surface area contributed by atoms with Crippen molar-refractivity contribution in [1.29, 1.82) is 0 Å². The lowest BCUT2D eigenvalue weighted by molar-refractivity contribution is -0.125. The molecule has 2 rings (SSSR count). The molecule has 3 N–H and O–H groups in total. The zero-order chi connectivity index (χ0) is 15.2. The molecule has 0 aromatic heterocycles. The van der Waals surface area contributed by atoms with Gasteiger partial charge in [0.1, 0.15) is 0 Å². The van der Waals surface area contributed by atoms with Gasteiger partial charge in [0.25, 0.3) is 5.91 Å². The molecule has 0 spiro atoms. The van der Waals surface area contributed by atoms with Crippen LogP contribution in [0.1, 0.15) is 28.8 Å². The Balaban J connectivity index is 1.98. The van der Waals surface area contributed by atoms with Crippen molar-refractivity contribution in [1.82, 2.24) is 10.2 Å². The molecular weight excluding hydrogens is 266 g/mol. The Morgan fingerprint density at radius 1 is 1.33 bits per heavy atom. The Morgan fingerprint density at radius 3 is 2.67 bits per heavy atom. The molecule has 1 saturated heterocycles. The summed E-state index contributed by atoms with van der Waals surface area (Å²) in [6, 6.07) is 7.64. The van der Waals surface area contributed by atoms with Gasteiger partial charge >= 0.3 is 0 Å². The molecule has 5 nitrogen and oxygen atoms in total. The molecule has 0 bridgehead atoms. The molecule has 0 unspecified atom stereocenters. The number of amides is 2. The monoisotopic (exact) mass is 289 g/mol. The van der Waals surface area contributed by atoms with Gasteiger partial charge in [0.2, 0.25) is 5.91 Å². The zero-order valence-corrected chi connectivity index (χ0v) is 12.5. The third-order valence-corrected chi connectivity index (χ3v) is 4.01. The van der Waals surface area contributed by atoms with Gasteiger partial charge in [-0.25, -0.2) is 0 Å². The van der Waals surface area contributed by atoms with Crippen molar-refractivity contribution in [3.63, 3.8) is 0 Å². The van der Waals surface area contributed by atoms with Crippen LogP contribution in [-0.2, 0) is 11.2 Å².